The van der Waals surface area contributed by atoms with Gasteiger partial charge in [-0.15, -0.1) is 0 Å². The van der Waals surface area contributed by atoms with Crippen molar-refractivity contribution < 1.29 is 18.3 Å². The van der Waals surface area contributed by atoms with Gasteiger partial charge in [0, 0.05) is 32.0 Å². The van der Waals surface area contributed by atoms with Crippen molar-refractivity contribution in [1.29, 1.82) is 0 Å². The fraction of sp³-hybridized carbons (Fsp3) is 0.438. The molecule has 0 aromatic carbocycles. The maximum absolute atomic E-state index is 12.4. The molecule has 140 valence electrons. The Labute approximate surface area is 150 Å². The molecule has 2 aromatic rings. The minimum Gasteiger partial charge on any atom is -0.504 e. The fourth-order valence-electron chi connectivity index (χ4n) is 3.07. The molecule has 1 atom stereocenters. The average molecular weight is 380 g/mol. The summed E-state index contributed by atoms with van der Waals surface area (Å²) in [5.74, 6) is -0.737. The smallest absolute Gasteiger partial charge is 0.270 e. The third kappa shape index (κ3) is 3.70. The van der Waals surface area contributed by atoms with Crippen molar-refractivity contribution in [3.05, 3.63) is 40.4 Å². The van der Waals surface area contributed by atoms with E-state index >= 15 is 0 Å². The van der Waals surface area contributed by atoms with Crippen molar-refractivity contribution in [2.75, 3.05) is 25.9 Å². The molecule has 3 rings (SSSR count). The van der Waals surface area contributed by atoms with Crippen LogP contribution in [0.1, 0.15) is 23.2 Å². The number of rotatable bonds is 4. The molecule has 3 heterocycles. The monoisotopic (exact) mass is 380 g/mol. The maximum atomic E-state index is 12.4. The number of pyridine rings is 1. The van der Waals surface area contributed by atoms with Crippen LogP contribution < -0.4 is 10.9 Å². The van der Waals surface area contributed by atoms with Gasteiger partial charge in [-0.05, 0) is 30.9 Å². The van der Waals surface area contributed by atoms with Gasteiger partial charge in [0.2, 0.25) is 10.0 Å². The van der Waals surface area contributed by atoms with Crippen LogP contribution in [-0.4, -0.2) is 59.0 Å². The Bertz CT molecular complexity index is 1000. The SMILES string of the molecule is CS(=O)(=O)N1CCCC(CNC(=O)c2cnc3c(O)cccn3c2=O)C1. The van der Waals surface area contributed by atoms with Crippen LogP contribution in [0.4, 0.5) is 0 Å². The zero-order chi connectivity index (χ0) is 18.9. The van der Waals surface area contributed by atoms with Gasteiger partial charge in [-0.1, -0.05) is 0 Å². The topological polar surface area (TPSA) is 121 Å². The molecule has 1 unspecified atom stereocenters. The molecule has 1 aliphatic heterocycles. The highest BCUT2D eigenvalue weighted by Gasteiger charge is 2.26. The van der Waals surface area contributed by atoms with E-state index in [1.54, 1.807) is 0 Å². The van der Waals surface area contributed by atoms with E-state index in [-0.39, 0.29) is 29.4 Å². The van der Waals surface area contributed by atoms with Crippen molar-refractivity contribution in [3.8, 4) is 5.75 Å². The van der Waals surface area contributed by atoms with Gasteiger partial charge in [0.25, 0.3) is 11.5 Å². The molecule has 2 N–H and O–H groups in total. The molecule has 2 aromatic heterocycles. The van der Waals surface area contributed by atoms with E-state index in [0.29, 0.717) is 13.1 Å². The van der Waals surface area contributed by atoms with Crippen LogP contribution in [0.2, 0.25) is 0 Å². The maximum Gasteiger partial charge on any atom is 0.270 e. The van der Waals surface area contributed by atoms with Crippen LogP contribution in [0.3, 0.4) is 0 Å². The lowest BCUT2D eigenvalue weighted by atomic mass is 9.99. The Kier molecular flexibility index (Phi) is 4.97. The zero-order valence-electron chi connectivity index (χ0n) is 14.3. The molecule has 26 heavy (non-hydrogen) atoms. The summed E-state index contributed by atoms with van der Waals surface area (Å²) >= 11 is 0. The third-order valence-corrected chi connectivity index (χ3v) is 5.73. The largest absolute Gasteiger partial charge is 0.504 e. The molecule has 0 bridgehead atoms. The number of carbonyl (C=O) groups is 1. The molecule has 0 aliphatic carbocycles. The summed E-state index contributed by atoms with van der Waals surface area (Å²) in [4.78, 5) is 28.7. The predicted octanol–water partition coefficient (Wildman–Crippen LogP) is -0.199. The lowest BCUT2D eigenvalue weighted by molar-refractivity contribution is 0.0939. The van der Waals surface area contributed by atoms with Gasteiger partial charge in [0.1, 0.15) is 5.56 Å². The first-order valence-corrected chi connectivity index (χ1v) is 10.0. The number of aromatic hydroxyl groups is 1. The second-order valence-corrected chi connectivity index (χ2v) is 8.39. The summed E-state index contributed by atoms with van der Waals surface area (Å²) in [5, 5.41) is 12.4. The van der Waals surface area contributed by atoms with E-state index in [9.17, 15) is 23.1 Å². The molecular weight excluding hydrogens is 360 g/mol. The minimum absolute atomic E-state index is 0.0114. The molecule has 0 saturated carbocycles. The summed E-state index contributed by atoms with van der Waals surface area (Å²) < 4.78 is 25.8. The number of fused-ring (bicyclic) bond motifs is 1. The first-order chi connectivity index (χ1) is 12.3. The van der Waals surface area contributed by atoms with Crippen LogP contribution in [0.25, 0.3) is 5.65 Å². The van der Waals surface area contributed by atoms with E-state index < -0.39 is 21.5 Å². The average Bonchev–Trinajstić information content (AvgIpc) is 2.60. The number of hydrogen-bond acceptors (Lipinski definition) is 6. The highest BCUT2D eigenvalue weighted by atomic mass is 32.2. The standard InChI is InChI=1S/C16H20N4O5S/c1-26(24,25)19-6-2-4-11(10-19)8-18-15(22)12-9-17-14-13(21)5-3-7-20(14)16(12)23/h3,5,7,9,11,21H,2,4,6,8,10H2,1H3,(H,18,22). The summed E-state index contributed by atoms with van der Waals surface area (Å²) in [5.41, 5.74) is -0.640. The quantitative estimate of drug-likeness (QED) is 0.758. The van der Waals surface area contributed by atoms with Gasteiger partial charge in [0.15, 0.2) is 11.4 Å². The molecule has 9 nitrogen and oxygen atoms in total. The van der Waals surface area contributed by atoms with Crippen molar-refractivity contribution in [2.45, 2.75) is 12.8 Å². The second-order valence-electron chi connectivity index (χ2n) is 6.40. The first-order valence-electron chi connectivity index (χ1n) is 8.20. The fourth-order valence-corrected chi connectivity index (χ4v) is 4.02. The molecule has 0 spiro atoms. The van der Waals surface area contributed by atoms with E-state index in [1.807, 2.05) is 0 Å². The number of hydrogen-bond donors (Lipinski definition) is 2. The molecule has 0 radical (unpaired) electrons. The molecule has 1 amide bonds. The van der Waals surface area contributed by atoms with Gasteiger partial charge in [-0.2, -0.15) is 0 Å². The Balaban J connectivity index is 1.72. The number of sulfonamides is 1. The number of aromatic nitrogens is 2. The normalized spacial score (nSPS) is 18.7. The third-order valence-electron chi connectivity index (χ3n) is 4.46. The Morgan fingerprint density at radius 1 is 1.46 bits per heavy atom. The summed E-state index contributed by atoms with van der Waals surface area (Å²) in [6.07, 6.45) is 5.26. The van der Waals surface area contributed by atoms with Crippen LogP contribution in [0, 0.1) is 5.92 Å². The number of carbonyl (C=O) groups excluding carboxylic acids is 1. The van der Waals surface area contributed by atoms with Crippen LogP contribution in [-0.2, 0) is 10.0 Å². The summed E-state index contributed by atoms with van der Waals surface area (Å²) in [6, 6.07) is 2.88. The molecular formula is C16H20N4O5S. The lowest BCUT2D eigenvalue weighted by Crippen LogP contribution is -2.43. The minimum atomic E-state index is -3.25. The van der Waals surface area contributed by atoms with E-state index in [0.717, 1.165) is 23.4 Å². The van der Waals surface area contributed by atoms with Crippen LogP contribution in [0.15, 0.2) is 29.3 Å². The zero-order valence-corrected chi connectivity index (χ0v) is 15.1. The summed E-state index contributed by atoms with van der Waals surface area (Å²) in [6.45, 7) is 1.11. The lowest BCUT2D eigenvalue weighted by Gasteiger charge is -2.30. The van der Waals surface area contributed by atoms with Gasteiger partial charge in [0.05, 0.1) is 6.26 Å². The molecule has 1 fully saturated rings. The van der Waals surface area contributed by atoms with Gasteiger partial charge in [-0.25, -0.2) is 17.7 Å². The van der Waals surface area contributed by atoms with Crippen molar-refractivity contribution in [3.63, 3.8) is 0 Å². The van der Waals surface area contributed by atoms with E-state index in [2.05, 4.69) is 10.3 Å². The number of nitrogens with one attached hydrogen (secondary N) is 1. The predicted molar refractivity (Wildman–Crippen MR) is 94.6 cm³/mol. The van der Waals surface area contributed by atoms with Gasteiger partial charge >= 0.3 is 0 Å². The van der Waals surface area contributed by atoms with E-state index in [4.69, 9.17) is 0 Å². The Morgan fingerprint density at radius 3 is 2.96 bits per heavy atom. The van der Waals surface area contributed by atoms with E-state index in [1.165, 1.54) is 28.9 Å². The number of piperidine rings is 1. The van der Waals surface area contributed by atoms with Gasteiger partial charge in [-0.3, -0.25) is 14.0 Å². The number of nitrogens with zero attached hydrogens (tertiary/aromatic N) is 3. The highest BCUT2D eigenvalue weighted by molar-refractivity contribution is 7.88. The number of amides is 1. The van der Waals surface area contributed by atoms with Crippen LogP contribution in [0.5, 0.6) is 5.75 Å². The van der Waals surface area contributed by atoms with Crippen molar-refractivity contribution in [2.24, 2.45) is 5.92 Å². The molecule has 1 saturated heterocycles. The van der Waals surface area contributed by atoms with Crippen molar-refractivity contribution in [1.82, 2.24) is 19.0 Å². The van der Waals surface area contributed by atoms with Gasteiger partial charge < -0.3 is 10.4 Å². The Hall–Kier alpha value is -2.46. The van der Waals surface area contributed by atoms with Crippen molar-refractivity contribution >= 4 is 21.6 Å². The second kappa shape index (κ2) is 7.04. The Morgan fingerprint density at radius 2 is 2.23 bits per heavy atom. The first kappa shape index (κ1) is 18.3. The highest BCUT2D eigenvalue weighted by Crippen LogP contribution is 2.18. The summed E-state index contributed by atoms with van der Waals surface area (Å²) in [7, 11) is -3.25. The molecule has 1 aliphatic rings. The molecule has 10 heteroatoms. The van der Waals surface area contributed by atoms with Crippen LogP contribution >= 0.6 is 0 Å².